The molecule has 5 heteroatoms. The van der Waals surface area contributed by atoms with Crippen LogP contribution in [-0.2, 0) is 0 Å². The lowest BCUT2D eigenvalue weighted by atomic mass is 10.1. The topological polar surface area (TPSA) is 39.2 Å². The number of aromatic nitrogens is 1. The van der Waals surface area contributed by atoms with Crippen molar-refractivity contribution in [3.05, 3.63) is 23.5 Å². The molecular weight excluding hydrogens is 180 g/mol. The number of aldehydes is 1. The van der Waals surface area contributed by atoms with Gasteiger partial charge in [-0.05, 0) is 0 Å². The highest BCUT2D eigenvalue weighted by Crippen LogP contribution is 2.26. The van der Waals surface area contributed by atoms with Gasteiger partial charge in [-0.1, -0.05) is 0 Å². The van der Waals surface area contributed by atoms with E-state index in [1.165, 1.54) is 13.3 Å². The van der Waals surface area contributed by atoms with Crippen molar-refractivity contribution in [2.24, 2.45) is 0 Å². The Kier molecular flexibility index (Phi) is 2.89. The summed E-state index contributed by atoms with van der Waals surface area (Å²) in [5.74, 6) is 0.0628. The fraction of sp³-hybridized carbons (Fsp3) is 0.250. The largest absolute Gasteiger partial charge is 0.494 e. The van der Waals surface area contributed by atoms with Gasteiger partial charge in [-0.25, -0.2) is 8.78 Å². The predicted molar refractivity (Wildman–Crippen MR) is 41.1 cm³/mol. The summed E-state index contributed by atoms with van der Waals surface area (Å²) in [6.45, 7) is 0. The fourth-order valence-electron chi connectivity index (χ4n) is 0.929. The van der Waals surface area contributed by atoms with E-state index in [0.29, 0.717) is 6.29 Å². The molecular formula is C8H7F2NO2. The van der Waals surface area contributed by atoms with Gasteiger partial charge < -0.3 is 4.74 Å². The number of ether oxygens (including phenoxy) is 1. The van der Waals surface area contributed by atoms with Crippen molar-refractivity contribution in [2.45, 2.75) is 6.43 Å². The minimum Gasteiger partial charge on any atom is -0.494 e. The summed E-state index contributed by atoms with van der Waals surface area (Å²) in [6, 6.07) is 0. The van der Waals surface area contributed by atoms with Crippen molar-refractivity contribution >= 4 is 6.29 Å². The van der Waals surface area contributed by atoms with E-state index in [-0.39, 0.29) is 11.3 Å². The lowest BCUT2D eigenvalue weighted by Gasteiger charge is -2.06. The van der Waals surface area contributed by atoms with Crippen molar-refractivity contribution < 1.29 is 18.3 Å². The van der Waals surface area contributed by atoms with E-state index >= 15 is 0 Å². The second kappa shape index (κ2) is 3.93. The summed E-state index contributed by atoms with van der Waals surface area (Å²) in [5, 5.41) is 0. The van der Waals surface area contributed by atoms with Crippen LogP contribution in [0, 0.1) is 0 Å². The van der Waals surface area contributed by atoms with Crippen LogP contribution < -0.4 is 4.74 Å². The number of alkyl halides is 2. The first-order valence-electron chi connectivity index (χ1n) is 3.46. The number of methoxy groups -OCH3 is 1. The molecule has 0 unspecified atom stereocenters. The summed E-state index contributed by atoms with van der Waals surface area (Å²) < 4.78 is 29.3. The monoisotopic (exact) mass is 187 g/mol. The van der Waals surface area contributed by atoms with Crippen LogP contribution in [0.25, 0.3) is 0 Å². The zero-order valence-corrected chi connectivity index (χ0v) is 6.83. The molecule has 0 aliphatic carbocycles. The molecule has 0 aliphatic heterocycles. The molecule has 0 spiro atoms. The molecule has 0 saturated heterocycles. The second-order valence-electron chi connectivity index (χ2n) is 2.26. The van der Waals surface area contributed by atoms with Gasteiger partial charge in [0, 0.05) is 6.20 Å². The van der Waals surface area contributed by atoms with Gasteiger partial charge in [0.15, 0.2) is 6.29 Å². The average molecular weight is 187 g/mol. The quantitative estimate of drug-likeness (QED) is 0.677. The van der Waals surface area contributed by atoms with Crippen LogP contribution in [0.2, 0.25) is 0 Å². The molecule has 0 saturated carbocycles. The van der Waals surface area contributed by atoms with Crippen LogP contribution >= 0.6 is 0 Å². The van der Waals surface area contributed by atoms with Crippen LogP contribution in [0.3, 0.4) is 0 Å². The van der Waals surface area contributed by atoms with Crippen molar-refractivity contribution in [2.75, 3.05) is 7.11 Å². The molecule has 0 aromatic carbocycles. The summed E-state index contributed by atoms with van der Waals surface area (Å²) in [7, 11) is 1.29. The number of carbonyl (C=O) groups excluding carboxylic acids is 1. The van der Waals surface area contributed by atoms with Crippen LogP contribution in [0.5, 0.6) is 5.75 Å². The third-order valence-electron chi connectivity index (χ3n) is 1.55. The zero-order valence-electron chi connectivity index (χ0n) is 6.83. The normalized spacial score (nSPS) is 10.2. The SMILES string of the molecule is COc1cncc(C(F)F)c1C=O. The molecule has 1 rings (SSSR count). The number of nitrogens with zero attached hydrogens (tertiary/aromatic N) is 1. The van der Waals surface area contributed by atoms with Gasteiger partial charge in [0.1, 0.15) is 5.75 Å². The molecule has 1 heterocycles. The molecule has 0 amide bonds. The molecule has 0 radical (unpaired) electrons. The zero-order chi connectivity index (χ0) is 9.84. The average Bonchev–Trinajstić information content (AvgIpc) is 2.16. The lowest BCUT2D eigenvalue weighted by molar-refractivity contribution is 0.110. The van der Waals surface area contributed by atoms with Crippen LogP contribution in [-0.4, -0.2) is 18.4 Å². The van der Waals surface area contributed by atoms with E-state index < -0.39 is 12.0 Å². The number of carbonyl (C=O) groups is 1. The van der Waals surface area contributed by atoms with Gasteiger partial charge in [0.05, 0.1) is 24.4 Å². The number of hydrogen-bond donors (Lipinski definition) is 0. The lowest BCUT2D eigenvalue weighted by Crippen LogP contribution is -1.98. The van der Waals surface area contributed by atoms with E-state index in [2.05, 4.69) is 4.98 Å². The summed E-state index contributed by atoms with van der Waals surface area (Å²) in [4.78, 5) is 14.0. The number of halogens is 2. The van der Waals surface area contributed by atoms with Gasteiger partial charge in [-0.15, -0.1) is 0 Å². The number of pyridine rings is 1. The first-order chi connectivity index (χ1) is 6.20. The Labute approximate surface area is 73.4 Å². The molecule has 1 aromatic rings. The maximum atomic E-state index is 12.3. The molecule has 0 N–H and O–H groups in total. The third-order valence-corrected chi connectivity index (χ3v) is 1.55. The van der Waals surface area contributed by atoms with Crippen LogP contribution in [0.4, 0.5) is 8.78 Å². The number of rotatable bonds is 3. The minimum absolute atomic E-state index is 0.0628. The highest BCUT2D eigenvalue weighted by Gasteiger charge is 2.16. The third kappa shape index (κ3) is 1.80. The molecule has 0 aliphatic rings. The molecule has 70 valence electrons. The van der Waals surface area contributed by atoms with Crippen LogP contribution in [0.1, 0.15) is 22.3 Å². The van der Waals surface area contributed by atoms with Gasteiger partial charge in [-0.2, -0.15) is 0 Å². The Morgan fingerprint density at radius 1 is 1.54 bits per heavy atom. The van der Waals surface area contributed by atoms with E-state index in [4.69, 9.17) is 4.74 Å². The standard InChI is InChI=1S/C8H7F2NO2/c1-13-7-3-11-2-5(8(9)10)6(7)4-12/h2-4,8H,1H3. The summed E-state index contributed by atoms with van der Waals surface area (Å²) in [6.07, 6.45) is -0.211. The Morgan fingerprint density at radius 3 is 2.69 bits per heavy atom. The van der Waals surface area contributed by atoms with Gasteiger partial charge in [0.2, 0.25) is 0 Å². The maximum Gasteiger partial charge on any atom is 0.266 e. The van der Waals surface area contributed by atoms with Crippen molar-refractivity contribution in [3.8, 4) is 5.75 Å². The Bertz CT molecular complexity index is 315. The van der Waals surface area contributed by atoms with E-state index in [1.807, 2.05) is 0 Å². The molecule has 0 bridgehead atoms. The Hall–Kier alpha value is -1.52. The first-order valence-corrected chi connectivity index (χ1v) is 3.46. The number of hydrogen-bond acceptors (Lipinski definition) is 3. The first kappa shape index (κ1) is 9.57. The van der Waals surface area contributed by atoms with Crippen molar-refractivity contribution in [3.63, 3.8) is 0 Å². The predicted octanol–water partition coefficient (Wildman–Crippen LogP) is 1.84. The summed E-state index contributed by atoms with van der Waals surface area (Å²) >= 11 is 0. The molecule has 0 fully saturated rings. The maximum absolute atomic E-state index is 12.3. The smallest absolute Gasteiger partial charge is 0.266 e. The second-order valence-corrected chi connectivity index (χ2v) is 2.26. The van der Waals surface area contributed by atoms with Crippen molar-refractivity contribution in [1.82, 2.24) is 4.98 Å². The summed E-state index contributed by atoms with van der Waals surface area (Å²) in [5.41, 5.74) is -0.554. The van der Waals surface area contributed by atoms with Gasteiger partial charge in [-0.3, -0.25) is 9.78 Å². The molecule has 13 heavy (non-hydrogen) atoms. The van der Waals surface area contributed by atoms with E-state index in [1.54, 1.807) is 0 Å². The Balaban J connectivity index is 3.27. The van der Waals surface area contributed by atoms with E-state index in [0.717, 1.165) is 6.20 Å². The van der Waals surface area contributed by atoms with E-state index in [9.17, 15) is 13.6 Å². The molecule has 0 atom stereocenters. The highest BCUT2D eigenvalue weighted by molar-refractivity contribution is 5.81. The molecule has 1 aromatic heterocycles. The van der Waals surface area contributed by atoms with Crippen LogP contribution in [0.15, 0.2) is 12.4 Å². The van der Waals surface area contributed by atoms with Gasteiger partial charge in [0.25, 0.3) is 6.43 Å². The molecule has 3 nitrogen and oxygen atoms in total. The fourth-order valence-corrected chi connectivity index (χ4v) is 0.929. The van der Waals surface area contributed by atoms with Crippen molar-refractivity contribution in [1.29, 1.82) is 0 Å². The van der Waals surface area contributed by atoms with Gasteiger partial charge >= 0.3 is 0 Å². The highest BCUT2D eigenvalue weighted by atomic mass is 19.3. The minimum atomic E-state index is -2.72. The Morgan fingerprint density at radius 2 is 2.23 bits per heavy atom.